The average Bonchev–Trinajstić information content (AvgIpc) is 2.96. The Bertz CT molecular complexity index is 631. The van der Waals surface area contributed by atoms with E-state index in [9.17, 15) is 4.79 Å². The molecule has 0 atom stereocenters. The zero-order chi connectivity index (χ0) is 12.7. The van der Waals surface area contributed by atoms with Gasteiger partial charge in [-0.25, -0.2) is 0 Å². The summed E-state index contributed by atoms with van der Waals surface area (Å²) in [6.07, 6.45) is 0.869. The number of aryl methyl sites for hydroxylation is 1. The summed E-state index contributed by atoms with van der Waals surface area (Å²) in [6.45, 7) is 2.61. The summed E-state index contributed by atoms with van der Waals surface area (Å²) in [5.74, 6) is 0.882. The number of hydrogen-bond donors (Lipinski definition) is 0. The molecule has 18 heavy (non-hydrogen) atoms. The zero-order valence-electron chi connectivity index (χ0n) is 9.83. The van der Waals surface area contributed by atoms with Crippen LogP contribution >= 0.6 is 22.9 Å². The molecule has 0 saturated carbocycles. The highest BCUT2D eigenvalue weighted by Gasteiger charge is 2.19. The van der Waals surface area contributed by atoms with Gasteiger partial charge in [0.1, 0.15) is 5.75 Å². The predicted molar refractivity (Wildman–Crippen MR) is 73.1 cm³/mol. The lowest BCUT2D eigenvalue weighted by Gasteiger charge is -2.03. The minimum absolute atomic E-state index is 0.00667. The molecule has 0 spiro atoms. The number of hydrogen-bond acceptors (Lipinski definition) is 3. The lowest BCUT2D eigenvalue weighted by atomic mass is 10.0. The number of carbonyl (C=O) groups excluding carboxylic acids is 1. The number of rotatable bonds is 2. The highest BCUT2D eigenvalue weighted by atomic mass is 35.5. The lowest BCUT2D eigenvalue weighted by Crippen LogP contribution is -2.00. The smallest absolute Gasteiger partial charge is 0.204 e. The molecule has 92 valence electrons. The first kappa shape index (κ1) is 11.8. The van der Waals surface area contributed by atoms with Crippen molar-refractivity contribution >= 4 is 28.7 Å². The van der Waals surface area contributed by atoms with Crippen LogP contribution in [0.3, 0.4) is 0 Å². The molecular weight excluding hydrogens is 268 g/mol. The zero-order valence-corrected chi connectivity index (χ0v) is 11.4. The fourth-order valence-electron chi connectivity index (χ4n) is 2.04. The van der Waals surface area contributed by atoms with E-state index in [-0.39, 0.29) is 5.78 Å². The molecule has 1 aromatic heterocycles. The molecule has 4 heteroatoms. The summed E-state index contributed by atoms with van der Waals surface area (Å²) in [4.78, 5) is 13.0. The highest BCUT2D eigenvalue weighted by molar-refractivity contribution is 7.13. The van der Waals surface area contributed by atoms with Gasteiger partial charge in [-0.15, -0.1) is 11.3 Å². The Kier molecular flexibility index (Phi) is 2.88. The Balaban J connectivity index is 2.00. The first-order valence-electron chi connectivity index (χ1n) is 5.71. The van der Waals surface area contributed by atoms with Crippen molar-refractivity contribution in [3.63, 3.8) is 0 Å². The Labute approximate surface area is 114 Å². The molecule has 0 fully saturated rings. The standard InChI is InChI=1S/C14H11ClO2S/c1-8-7-18-14(12(8)15)13(16)10-2-3-11-9(6-10)4-5-17-11/h2-3,6-7H,4-5H2,1H3. The summed E-state index contributed by atoms with van der Waals surface area (Å²) in [6, 6.07) is 5.58. The molecular formula is C14H11ClO2S. The van der Waals surface area contributed by atoms with E-state index in [1.807, 2.05) is 24.4 Å². The van der Waals surface area contributed by atoms with Crippen LogP contribution < -0.4 is 4.74 Å². The SMILES string of the molecule is Cc1csc(C(=O)c2ccc3c(c2)CCO3)c1Cl. The monoisotopic (exact) mass is 278 g/mol. The van der Waals surface area contributed by atoms with Crippen molar-refractivity contribution in [1.82, 2.24) is 0 Å². The topological polar surface area (TPSA) is 26.3 Å². The van der Waals surface area contributed by atoms with E-state index in [2.05, 4.69) is 0 Å². The number of carbonyl (C=O) groups is 1. The fourth-order valence-corrected chi connectivity index (χ4v) is 3.28. The predicted octanol–water partition coefficient (Wildman–Crippen LogP) is 3.88. The molecule has 1 aliphatic rings. The molecule has 2 heterocycles. The normalized spacial score (nSPS) is 13.2. The summed E-state index contributed by atoms with van der Waals surface area (Å²) >= 11 is 7.54. The number of ether oxygens (including phenoxy) is 1. The maximum atomic E-state index is 12.4. The first-order chi connectivity index (χ1) is 8.66. The van der Waals surface area contributed by atoms with Crippen LogP contribution in [-0.4, -0.2) is 12.4 Å². The minimum Gasteiger partial charge on any atom is -0.493 e. The van der Waals surface area contributed by atoms with Crippen molar-refractivity contribution in [2.75, 3.05) is 6.61 Å². The van der Waals surface area contributed by atoms with Crippen molar-refractivity contribution < 1.29 is 9.53 Å². The molecule has 0 unspecified atom stereocenters. The Hall–Kier alpha value is -1.32. The van der Waals surface area contributed by atoms with Crippen LogP contribution in [0.2, 0.25) is 5.02 Å². The average molecular weight is 279 g/mol. The van der Waals surface area contributed by atoms with Gasteiger partial charge in [-0.1, -0.05) is 11.6 Å². The van der Waals surface area contributed by atoms with E-state index in [4.69, 9.17) is 16.3 Å². The maximum absolute atomic E-state index is 12.4. The van der Waals surface area contributed by atoms with E-state index in [0.29, 0.717) is 22.1 Å². The lowest BCUT2D eigenvalue weighted by molar-refractivity contribution is 0.104. The molecule has 0 amide bonds. The van der Waals surface area contributed by atoms with Crippen molar-refractivity contribution in [2.24, 2.45) is 0 Å². The van der Waals surface area contributed by atoms with E-state index in [1.54, 1.807) is 6.07 Å². The van der Waals surface area contributed by atoms with Crippen LogP contribution in [0, 0.1) is 6.92 Å². The second-order valence-corrected chi connectivity index (χ2v) is 5.57. The van der Waals surface area contributed by atoms with Crippen LogP contribution in [0.25, 0.3) is 0 Å². The fraction of sp³-hybridized carbons (Fsp3) is 0.214. The number of ketones is 1. The van der Waals surface area contributed by atoms with Crippen molar-refractivity contribution in [1.29, 1.82) is 0 Å². The number of benzene rings is 1. The van der Waals surface area contributed by atoms with Crippen molar-refractivity contribution in [2.45, 2.75) is 13.3 Å². The van der Waals surface area contributed by atoms with Gasteiger partial charge in [0.05, 0.1) is 16.5 Å². The third kappa shape index (κ3) is 1.84. The Morgan fingerprint density at radius 2 is 2.28 bits per heavy atom. The number of thiophene rings is 1. The van der Waals surface area contributed by atoms with Gasteiger partial charge < -0.3 is 4.74 Å². The van der Waals surface area contributed by atoms with Gasteiger partial charge in [0.2, 0.25) is 5.78 Å². The quantitative estimate of drug-likeness (QED) is 0.780. The van der Waals surface area contributed by atoms with Gasteiger partial charge in [-0.2, -0.15) is 0 Å². The summed E-state index contributed by atoms with van der Waals surface area (Å²) < 4.78 is 5.43. The largest absolute Gasteiger partial charge is 0.493 e. The third-order valence-electron chi connectivity index (χ3n) is 3.06. The van der Waals surface area contributed by atoms with Gasteiger partial charge in [0.15, 0.2) is 0 Å². The molecule has 2 nitrogen and oxygen atoms in total. The summed E-state index contributed by atoms with van der Waals surface area (Å²) in [5, 5.41) is 2.48. The molecule has 0 N–H and O–H groups in total. The van der Waals surface area contributed by atoms with Gasteiger partial charge in [-0.05, 0) is 41.6 Å². The van der Waals surface area contributed by atoms with Crippen LogP contribution in [0.15, 0.2) is 23.6 Å². The summed E-state index contributed by atoms with van der Waals surface area (Å²) in [7, 11) is 0. The van der Waals surface area contributed by atoms with Crippen molar-refractivity contribution in [3.05, 3.63) is 50.2 Å². The van der Waals surface area contributed by atoms with Gasteiger partial charge >= 0.3 is 0 Å². The molecule has 1 aliphatic heterocycles. The minimum atomic E-state index is -0.00667. The van der Waals surface area contributed by atoms with Crippen LogP contribution in [-0.2, 0) is 6.42 Å². The molecule has 3 rings (SSSR count). The van der Waals surface area contributed by atoms with Gasteiger partial charge in [0, 0.05) is 12.0 Å². The van der Waals surface area contributed by atoms with E-state index in [1.165, 1.54) is 11.3 Å². The van der Waals surface area contributed by atoms with Crippen LogP contribution in [0.1, 0.15) is 26.4 Å². The van der Waals surface area contributed by atoms with Crippen molar-refractivity contribution in [3.8, 4) is 5.75 Å². The maximum Gasteiger partial charge on any atom is 0.204 e. The molecule has 0 saturated heterocycles. The van der Waals surface area contributed by atoms with E-state index in [0.717, 1.165) is 23.3 Å². The second kappa shape index (κ2) is 4.41. The molecule has 0 bridgehead atoms. The van der Waals surface area contributed by atoms with Crippen LogP contribution in [0.4, 0.5) is 0 Å². The number of fused-ring (bicyclic) bond motifs is 1. The second-order valence-electron chi connectivity index (χ2n) is 4.31. The Morgan fingerprint density at radius 1 is 1.44 bits per heavy atom. The molecule has 2 aromatic rings. The van der Waals surface area contributed by atoms with E-state index >= 15 is 0 Å². The highest BCUT2D eigenvalue weighted by Crippen LogP contribution is 2.31. The Morgan fingerprint density at radius 3 is 3.00 bits per heavy atom. The summed E-state index contributed by atoms with van der Waals surface area (Å²) in [5.41, 5.74) is 2.74. The molecule has 0 aliphatic carbocycles. The first-order valence-corrected chi connectivity index (χ1v) is 6.96. The van der Waals surface area contributed by atoms with E-state index < -0.39 is 0 Å². The molecule has 0 radical (unpaired) electrons. The van der Waals surface area contributed by atoms with Crippen LogP contribution in [0.5, 0.6) is 5.75 Å². The molecule has 1 aromatic carbocycles. The van der Waals surface area contributed by atoms with Gasteiger partial charge in [0.25, 0.3) is 0 Å². The third-order valence-corrected chi connectivity index (χ3v) is 4.75. The van der Waals surface area contributed by atoms with Gasteiger partial charge in [-0.3, -0.25) is 4.79 Å². The number of halogens is 1.